The molecule has 0 spiro atoms. The number of hydrogen-bond acceptors (Lipinski definition) is 5. The van der Waals surface area contributed by atoms with Crippen LogP contribution in [0.5, 0.6) is 0 Å². The zero-order valence-corrected chi connectivity index (χ0v) is 16.8. The van der Waals surface area contributed by atoms with E-state index in [0.717, 1.165) is 11.1 Å². The predicted octanol–water partition coefficient (Wildman–Crippen LogP) is 2.90. The van der Waals surface area contributed by atoms with Crippen LogP contribution in [0.1, 0.15) is 31.9 Å². The molecule has 0 saturated heterocycles. The van der Waals surface area contributed by atoms with Crippen LogP contribution in [0.2, 0.25) is 0 Å². The zero-order chi connectivity index (χ0) is 20.4. The van der Waals surface area contributed by atoms with Crippen molar-refractivity contribution in [2.24, 2.45) is 5.41 Å². The third-order valence-corrected chi connectivity index (χ3v) is 3.91. The second-order valence-electron chi connectivity index (χ2n) is 7.27. The maximum Gasteiger partial charge on any atom is 0.138 e. The van der Waals surface area contributed by atoms with Gasteiger partial charge in [-0.25, -0.2) is 9.67 Å². The van der Waals surface area contributed by atoms with E-state index in [9.17, 15) is 5.11 Å². The topological polar surface area (TPSA) is 69.4 Å². The fourth-order valence-corrected chi connectivity index (χ4v) is 2.41. The van der Waals surface area contributed by atoms with Gasteiger partial charge in [0.1, 0.15) is 25.4 Å². The fourth-order valence-electron chi connectivity index (χ4n) is 2.41. The Morgan fingerprint density at radius 1 is 1.32 bits per heavy atom. The normalized spacial score (nSPS) is 13.1. The van der Waals surface area contributed by atoms with Crippen molar-refractivity contribution < 1.29 is 14.6 Å². The minimum atomic E-state index is -0.710. The van der Waals surface area contributed by atoms with Gasteiger partial charge in [0.25, 0.3) is 0 Å². The number of ether oxygens (including phenoxy) is 2. The summed E-state index contributed by atoms with van der Waals surface area (Å²) in [5.41, 5.74) is 2.10. The average Bonchev–Trinajstić information content (AvgIpc) is 3.19. The number of aliphatic hydroxyl groups is 1. The first kappa shape index (κ1) is 21.8. The molecule has 6 nitrogen and oxygen atoms in total. The summed E-state index contributed by atoms with van der Waals surface area (Å²) in [5.74, 6) is 6.08. The van der Waals surface area contributed by atoms with Gasteiger partial charge in [0.2, 0.25) is 0 Å². The van der Waals surface area contributed by atoms with Crippen molar-refractivity contribution >= 4 is 11.8 Å². The molecule has 1 unspecified atom stereocenters. The van der Waals surface area contributed by atoms with Crippen LogP contribution in [0.25, 0.3) is 11.8 Å². The molecule has 0 amide bonds. The highest BCUT2D eigenvalue weighted by atomic mass is 16.5. The predicted molar refractivity (Wildman–Crippen MR) is 110 cm³/mol. The van der Waals surface area contributed by atoms with E-state index in [1.807, 2.05) is 51.1 Å². The van der Waals surface area contributed by atoms with Gasteiger partial charge in [0, 0.05) is 12.2 Å². The van der Waals surface area contributed by atoms with Crippen molar-refractivity contribution in [3.8, 4) is 11.8 Å². The van der Waals surface area contributed by atoms with E-state index in [1.165, 1.54) is 6.33 Å². The van der Waals surface area contributed by atoms with E-state index in [-0.39, 0.29) is 5.41 Å². The molecule has 1 radical (unpaired) electrons. The van der Waals surface area contributed by atoms with Gasteiger partial charge in [0.15, 0.2) is 0 Å². The molecule has 1 heterocycles. The molecular weight excluding hydrogens is 354 g/mol. The smallest absolute Gasteiger partial charge is 0.138 e. The van der Waals surface area contributed by atoms with Crippen molar-refractivity contribution in [1.29, 1.82) is 0 Å². The van der Waals surface area contributed by atoms with Crippen molar-refractivity contribution in [1.82, 2.24) is 14.8 Å². The first-order valence-electron chi connectivity index (χ1n) is 9.20. The van der Waals surface area contributed by atoms with E-state index >= 15 is 0 Å². The summed E-state index contributed by atoms with van der Waals surface area (Å²) in [5, 5.41) is 15.0. The Bertz CT molecular complexity index is 812. The maximum atomic E-state index is 10.8. The van der Waals surface area contributed by atoms with Crippen LogP contribution in [0, 0.1) is 24.2 Å². The molecule has 0 fully saturated rings. The molecule has 0 saturated carbocycles. The van der Waals surface area contributed by atoms with Crippen LogP contribution in [0.3, 0.4) is 0 Å². The number of rotatable bonds is 8. The number of aliphatic hydroxyl groups excluding tert-OH is 1. The molecule has 1 atom stereocenters. The molecule has 0 aliphatic heterocycles. The molecule has 2 aromatic rings. The SMILES string of the molecule is [CH2]COCCOCC#Cc1cccc(/C=C(\C(O)C(C)(C)C)n2cncn2)c1. The molecule has 2 rings (SSSR count). The van der Waals surface area contributed by atoms with E-state index in [1.54, 1.807) is 11.0 Å². The van der Waals surface area contributed by atoms with Crippen molar-refractivity contribution in [3.05, 3.63) is 55.0 Å². The van der Waals surface area contributed by atoms with Crippen LogP contribution in [-0.2, 0) is 9.47 Å². The molecule has 1 N–H and O–H groups in total. The summed E-state index contributed by atoms with van der Waals surface area (Å²) >= 11 is 0. The Hall–Kier alpha value is -2.46. The van der Waals surface area contributed by atoms with Crippen LogP contribution in [0.4, 0.5) is 0 Å². The molecule has 6 heteroatoms. The third-order valence-electron chi connectivity index (χ3n) is 3.91. The summed E-state index contributed by atoms with van der Waals surface area (Å²) in [4.78, 5) is 3.99. The van der Waals surface area contributed by atoms with Gasteiger partial charge in [-0.2, -0.15) is 5.10 Å². The number of nitrogens with zero attached hydrogens (tertiary/aromatic N) is 3. The highest BCUT2D eigenvalue weighted by molar-refractivity contribution is 5.73. The highest BCUT2D eigenvalue weighted by Gasteiger charge is 2.27. The van der Waals surface area contributed by atoms with Crippen molar-refractivity contribution in [2.75, 3.05) is 26.4 Å². The highest BCUT2D eigenvalue weighted by Crippen LogP contribution is 2.28. The number of benzene rings is 1. The van der Waals surface area contributed by atoms with Gasteiger partial charge in [-0.3, -0.25) is 0 Å². The van der Waals surface area contributed by atoms with Crippen LogP contribution in [0.15, 0.2) is 36.9 Å². The van der Waals surface area contributed by atoms with Crippen molar-refractivity contribution in [3.63, 3.8) is 0 Å². The van der Waals surface area contributed by atoms with Gasteiger partial charge in [-0.05, 0) is 36.1 Å². The Labute approximate surface area is 167 Å². The number of aromatic nitrogens is 3. The minimum absolute atomic E-state index is 0.341. The van der Waals surface area contributed by atoms with Crippen molar-refractivity contribution in [2.45, 2.75) is 26.9 Å². The van der Waals surface area contributed by atoms with Gasteiger partial charge >= 0.3 is 0 Å². The molecule has 28 heavy (non-hydrogen) atoms. The van der Waals surface area contributed by atoms with Gasteiger partial charge in [-0.1, -0.05) is 44.7 Å². The Kier molecular flexibility index (Phi) is 8.40. The van der Waals surface area contributed by atoms with E-state index in [4.69, 9.17) is 9.47 Å². The van der Waals surface area contributed by atoms with Gasteiger partial charge < -0.3 is 14.6 Å². The standard InChI is InChI=1S/C22H28N3O3/c1-5-27-12-13-28-11-7-10-18-8-6-9-19(14-18)15-20(21(26)22(2,3)4)25-17-23-16-24-25/h6,8-9,14-17,21,26H,1,5,11-13H2,2-4H3/b20-15+. The molecule has 1 aromatic carbocycles. The molecule has 0 bridgehead atoms. The zero-order valence-electron chi connectivity index (χ0n) is 16.8. The fraction of sp³-hybridized carbons (Fsp3) is 0.409. The summed E-state index contributed by atoms with van der Waals surface area (Å²) in [6.45, 7) is 11.3. The Morgan fingerprint density at radius 2 is 2.11 bits per heavy atom. The summed E-state index contributed by atoms with van der Waals surface area (Å²) in [6.07, 6.45) is 4.23. The van der Waals surface area contributed by atoms with Crippen LogP contribution >= 0.6 is 0 Å². The number of hydrogen-bond donors (Lipinski definition) is 1. The largest absolute Gasteiger partial charge is 0.386 e. The second-order valence-corrected chi connectivity index (χ2v) is 7.27. The van der Waals surface area contributed by atoms with E-state index in [0.29, 0.717) is 32.1 Å². The van der Waals surface area contributed by atoms with Gasteiger partial charge in [0.05, 0.1) is 18.9 Å². The lowest BCUT2D eigenvalue weighted by Gasteiger charge is -2.28. The van der Waals surface area contributed by atoms with E-state index in [2.05, 4.69) is 28.8 Å². The monoisotopic (exact) mass is 382 g/mol. The van der Waals surface area contributed by atoms with E-state index < -0.39 is 6.10 Å². The van der Waals surface area contributed by atoms with Crippen LogP contribution in [-0.4, -0.2) is 52.4 Å². The summed E-state index contributed by atoms with van der Waals surface area (Å²) in [7, 11) is 0. The van der Waals surface area contributed by atoms with Crippen LogP contribution < -0.4 is 0 Å². The first-order chi connectivity index (χ1) is 13.4. The average molecular weight is 382 g/mol. The lowest BCUT2D eigenvalue weighted by Crippen LogP contribution is -2.29. The summed E-state index contributed by atoms with van der Waals surface area (Å²) < 4.78 is 12.1. The lowest BCUT2D eigenvalue weighted by molar-refractivity contribution is 0.0722. The quantitative estimate of drug-likeness (QED) is 0.562. The third kappa shape index (κ3) is 6.93. The first-order valence-corrected chi connectivity index (χ1v) is 9.20. The Morgan fingerprint density at radius 3 is 2.79 bits per heavy atom. The molecule has 0 aliphatic rings. The molecular formula is C22H28N3O3. The molecule has 149 valence electrons. The second kappa shape index (κ2) is 10.8. The maximum absolute atomic E-state index is 10.8. The van der Waals surface area contributed by atoms with Gasteiger partial charge in [-0.15, -0.1) is 0 Å². The Balaban J connectivity index is 2.14. The summed E-state index contributed by atoms with van der Waals surface area (Å²) in [6, 6.07) is 7.79. The minimum Gasteiger partial charge on any atom is -0.386 e. The molecule has 1 aromatic heterocycles. The lowest BCUT2D eigenvalue weighted by atomic mass is 9.86. The molecule has 0 aliphatic carbocycles.